The van der Waals surface area contributed by atoms with Gasteiger partial charge in [0, 0.05) is 41.3 Å². The van der Waals surface area contributed by atoms with Gasteiger partial charge in [-0.2, -0.15) is 0 Å². The molecule has 1 N–H and O–H groups in total. The molecule has 0 radical (unpaired) electrons. The number of para-hydroxylation sites is 2. The lowest BCUT2D eigenvalue weighted by Crippen LogP contribution is -2.39. The number of nitrogens with zero attached hydrogens (tertiary/aromatic N) is 2. The lowest BCUT2D eigenvalue weighted by Gasteiger charge is -2.34. The fourth-order valence-corrected chi connectivity index (χ4v) is 4.16. The molecular weight excluding hydrogens is 342 g/mol. The minimum absolute atomic E-state index is 0.342. The zero-order valence-electron chi connectivity index (χ0n) is 14.8. The first-order valence-electron chi connectivity index (χ1n) is 8.97. The van der Waals surface area contributed by atoms with E-state index in [0.717, 1.165) is 40.4 Å². The molecule has 0 amide bonds. The van der Waals surface area contributed by atoms with Gasteiger partial charge in [-0.1, -0.05) is 48.0 Å². The maximum atomic E-state index is 6.83. The number of aliphatic imine (C=N–C) groups is 1. The van der Waals surface area contributed by atoms with E-state index in [9.17, 15) is 0 Å². The van der Waals surface area contributed by atoms with Crippen LogP contribution in [0.15, 0.2) is 88.0 Å². The average molecular weight is 364 g/mol. The summed E-state index contributed by atoms with van der Waals surface area (Å²) >= 11 is 6.83. The summed E-state index contributed by atoms with van der Waals surface area (Å²) in [7, 11) is 2.18. The lowest BCUT2D eigenvalue weighted by molar-refractivity contribution is 0.287. The monoisotopic (exact) mass is 363 g/mol. The summed E-state index contributed by atoms with van der Waals surface area (Å²) in [4.78, 5) is 7.06. The molecule has 4 rings (SSSR count). The van der Waals surface area contributed by atoms with E-state index in [-0.39, 0.29) is 0 Å². The number of rotatable bonds is 4. The second-order valence-electron chi connectivity index (χ2n) is 6.75. The van der Waals surface area contributed by atoms with Gasteiger partial charge in [-0.25, -0.2) is 0 Å². The van der Waals surface area contributed by atoms with Crippen molar-refractivity contribution in [1.29, 1.82) is 0 Å². The molecular formula is C22H22ClN3. The Kier molecular flexibility index (Phi) is 4.91. The number of hydrogen-bond donors (Lipinski definition) is 1. The van der Waals surface area contributed by atoms with Gasteiger partial charge in [-0.15, -0.1) is 0 Å². The number of likely N-dealkylation sites (N-methyl/N-ethyl adjacent to an activating group) is 1. The van der Waals surface area contributed by atoms with Gasteiger partial charge in [-0.05, 0) is 44.2 Å². The van der Waals surface area contributed by atoms with E-state index in [1.807, 2.05) is 54.7 Å². The van der Waals surface area contributed by atoms with Crippen LogP contribution in [0.1, 0.15) is 12.8 Å². The summed E-state index contributed by atoms with van der Waals surface area (Å²) in [5.74, 6) is 0. The van der Waals surface area contributed by atoms with Crippen molar-refractivity contribution >= 4 is 29.2 Å². The van der Waals surface area contributed by atoms with Crippen molar-refractivity contribution in [2.45, 2.75) is 24.9 Å². The third-order valence-electron chi connectivity index (χ3n) is 5.20. The van der Waals surface area contributed by atoms with Crippen LogP contribution < -0.4 is 5.32 Å². The predicted molar refractivity (Wildman–Crippen MR) is 110 cm³/mol. The molecule has 26 heavy (non-hydrogen) atoms. The maximum absolute atomic E-state index is 6.83. The fourth-order valence-electron chi connectivity index (χ4n) is 3.81. The summed E-state index contributed by atoms with van der Waals surface area (Å²) in [6.07, 6.45) is 6.21. The van der Waals surface area contributed by atoms with E-state index in [4.69, 9.17) is 11.6 Å². The highest BCUT2D eigenvalue weighted by atomic mass is 35.5. The summed E-state index contributed by atoms with van der Waals surface area (Å²) < 4.78 is 0. The molecule has 1 saturated heterocycles. The fraction of sp³-hybridized carbons (Fsp3) is 0.227. The highest BCUT2D eigenvalue weighted by Crippen LogP contribution is 2.42. The molecule has 2 unspecified atom stereocenters. The Balaban J connectivity index is 1.66. The Labute approximate surface area is 159 Å². The Morgan fingerprint density at radius 1 is 1.00 bits per heavy atom. The van der Waals surface area contributed by atoms with Crippen molar-refractivity contribution in [3.63, 3.8) is 0 Å². The van der Waals surface area contributed by atoms with E-state index in [2.05, 4.69) is 40.6 Å². The van der Waals surface area contributed by atoms with Crippen molar-refractivity contribution in [2.75, 3.05) is 12.4 Å². The van der Waals surface area contributed by atoms with Crippen LogP contribution in [-0.2, 0) is 0 Å². The number of fused-ring (bicyclic) bond motifs is 2. The lowest BCUT2D eigenvalue weighted by atomic mass is 9.98. The van der Waals surface area contributed by atoms with Gasteiger partial charge in [0.05, 0.1) is 10.7 Å². The quantitative estimate of drug-likeness (QED) is 0.741. The molecule has 0 saturated carbocycles. The zero-order valence-corrected chi connectivity index (χ0v) is 15.5. The molecule has 2 aromatic carbocycles. The van der Waals surface area contributed by atoms with E-state index in [0.29, 0.717) is 12.1 Å². The van der Waals surface area contributed by atoms with Crippen LogP contribution in [0.25, 0.3) is 0 Å². The molecule has 0 aliphatic carbocycles. The molecule has 0 spiro atoms. The number of halogens is 1. The molecule has 2 aromatic rings. The average Bonchev–Trinajstić information content (AvgIpc) is 2.98. The van der Waals surface area contributed by atoms with Gasteiger partial charge >= 0.3 is 0 Å². The Morgan fingerprint density at radius 2 is 1.65 bits per heavy atom. The minimum Gasteiger partial charge on any atom is -0.361 e. The van der Waals surface area contributed by atoms with E-state index >= 15 is 0 Å². The van der Waals surface area contributed by atoms with Gasteiger partial charge in [0.2, 0.25) is 0 Å². The van der Waals surface area contributed by atoms with Crippen molar-refractivity contribution in [2.24, 2.45) is 4.99 Å². The summed E-state index contributed by atoms with van der Waals surface area (Å²) in [6.45, 7) is 0. The molecule has 2 atom stereocenters. The van der Waals surface area contributed by atoms with E-state index in [1.54, 1.807) is 0 Å². The molecule has 2 bridgehead atoms. The van der Waals surface area contributed by atoms with Crippen LogP contribution in [-0.4, -0.2) is 30.2 Å². The Hall–Kier alpha value is -2.36. The molecule has 0 aromatic heterocycles. The molecule has 4 heteroatoms. The molecule has 3 nitrogen and oxygen atoms in total. The highest BCUT2D eigenvalue weighted by Gasteiger charge is 2.41. The van der Waals surface area contributed by atoms with Crippen molar-refractivity contribution in [3.8, 4) is 0 Å². The minimum atomic E-state index is 0.342. The van der Waals surface area contributed by atoms with Crippen molar-refractivity contribution < 1.29 is 0 Å². The number of anilines is 1. The van der Waals surface area contributed by atoms with Crippen LogP contribution in [0, 0.1) is 0 Å². The molecule has 2 heterocycles. The topological polar surface area (TPSA) is 27.6 Å². The molecule has 1 fully saturated rings. The zero-order chi connectivity index (χ0) is 17.9. The molecule has 132 valence electrons. The normalized spacial score (nSPS) is 24.6. The number of nitrogens with one attached hydrogen (secondary N) is 1. The standard InChI is InChI=1S/C22H22ClN3/c1-26-20-12-13-21(26)19(15-25-17-10-6-3-7-11-17)22(23)18(20)14-24-16-8-4-2-5-9-16/h2-11,14-15,20-21,24H,12-13H2,1H3. The second kappa shape index (κ2) is 7.48. The van der Waals surface area contributed by atoms with Crippen LogP contribution >= 0.6 is 11.6 Å². The van der Waals surface area contributed by atoms with Gasteiger partial charge in [0.25, 0.3) is 0 Å². The van der Waals surface area contributed by atoms with Gasteiger partial charge in [0.15, 0.2) is 0 Å². The van der Waals surface area contributed by atoms with Crippen LogP contribution in [0.3, 0.4) is 0 Å². The third-order valence-corrected chi connectivity index (χ3v) is 5.64. The maximum Gasteiger partial charge on any atom is 0.0629 e. The predicted octanol–water partition coefficient (Wildman–Crippen LogP) is 5.35. The summed E-state index contributed by atoms with van der Waals surface area (Å²) in [5.41, 5.74) is 4.25. The Bertz CT molecular complexity index is 855. The van der Waals surface area contributed by atoms with Gasteiger partial charge < -0.3 is 5.32 Å². The first-order chi connectivity index (χ1) is 12.7. The van der Waals surface area contributed by atoms with Crippen molar-refractivity contribution in [3.05, 3.63) is 83.0 Å². The van der Waals surface area contributed by atoms with Crippen LogP contribution in [0.2, 0.25) is 0 Å². The number of benzene rings is 2. The molecule has 2 aliphatic rings. The van der Waals surface area contributed by atoms with Gasteiger partial charge in [-0.3, -0.25) is 9.89 Å². The van der Waals surface area contributed by atoms with E-state index in [1.165, 1.54) is 0 Å². The second-order valence-corrected chi connectivity index (χ2v) is 7.13. The number of hydrogen-bond acceptors (Lipinski definition) is 3. The molecule has 2 aliphatic heterocycles. The first kappa shape index (κ1) is 17.1. The smallest absolute Gasteiger partial charge is 0.0629 e. The third kappa shape index (κ3) is 3.33. The van der Waals surface area contributed by atoms with E-state index < -0.39 is 0 Å². The van der Waals surface area contributed by atoms with Crippen molar-refractivity contribution in [1.82, 2.24) is 4.90 Å². The summed E-state index contributed by atoms with van der Waals surface area (Å²) in [6, 6.07) is 20.9. The SMILES string of the molecule is CN1C2CCC1C(C=Nc1ccccc1)=C(Cl)C2=CNc1ccccc1. The first-order valence-corrected chi connectivity index (χ1v) is 9.34. The largest absolute Gasteiger partial charge is 0.361 e. The highest BCUT2D eigenvalue weighted by molar-refractivity contribution is 6.34. The Morgan fingerprint density at radius 3 is 2.38 bits per heavy atom. The van der Waals surface area contributed by atoms with Gasteiger partial charge in [0.1, 0.15) is 0 Å². The summed E-state index contributed by atoms with van der Waals surface area (Å²) in [5, 5.41) is 4.22. The van der Waals surface area contributed by atoms with Crippen LogP contribution in [0.4, 0.5) is 11.4 Å². The van der Waals surface area contributed by atoms with Crippen LogP contribution in [0.5, 0.6) is 0 Å².